The molecular weight excluding hydrogens is 285 g/mol. The van der Waals surface area contributed by atoms with Gasteiger partial charge in [0.05, 0.1) is 17.6 Å². The van der Waals surface area contributed by atoms with E-state index in [-0.39, 0.29) is 5.82 Å². The van der Waals surface area contributed by atoms with Crippen molar-refractivity contribution in [2.75, 3.05) is 11.1 Å². The molecule has 3 N–H and O–H groups in total. The molecule has 2 rings (SSSR count). The Labute approximate surface area is 107 Å². The van der Waals surface area contributed by atoms with E-state index in [9.17, 15) is 4.39 Å². The lowest BCUT2D eigenvalue weighted by molar-refractivity contribution is 0.631. The number of halogens is 2. The number of nitrogens with zero attached hydrogens (tertiary/aromatic N) is 1. The molecule has 0 aliphatic heterocycles. The summed E-state index contributed by atoms with van der Waals surface area (Å²) >= 11 is 3.28. The summed E-state index contributed by atoms with van der Waals surface area (Å²) in [4.78, 5) is 4.09. The number of nitrogens with one attached hydrogen (secondary N) is 1. The first-order valence-corrected chi connectivity index (χ1v) is 5.80. The van der Waals surface area contributed by atoms with E-state index in [0.29, 0.717) is 21.7 Å². The van der Waals surface area contributed by atoms with Gasteiger partial charge >= 0.3 is 0 Å². The molecule has 0 saturated heterocycles. The SMILES string of the molecule is Cc1cc(Nc2c(F)cccc2Br)ncc1N. The number of aryl methyl sites for hydroxylation is 1. The Bertz CT molecular complexity index is 537. The van der Waals surface area contributed by atoms with Crippen molar-refractivity contribution in [2.45, 2.75) is 6.92 Å². The summed E-state index contributed by atoms with van der Waals surface area (Å²) in [5.41, 5.74) is 7.55. The Kier molecular flexibility index (Phi) is 3.28. The fourth-order valence-electron chi connectivity index (χ4n) is 1.38. The monoisotopic (exact) mass is 295 g/mol. The van der Waals surface area contributed by atoms with Crippen LogP contribution in [0.3, 0.4) is 0 Å². The van der Waals surface area contributed by atoms with E-state index < -0.39 is 0 Å². The van der Waals surface area contributed by atoms with Crippen LogP contribution in [0.2, 0.25) is 0 Å². The molecule has 0 aliphatic rings. The molecule has 0 spiro atoms. The van der Waals surface area contributed by atoms with E-state index >= 15 is 0 Å². The largest absolute Gasteiger partial charge is 0.397 e. The summed E-state index contributed by atoms with van der Waals surface area (Å²) in [7, 11) is 0. The number of para-hydroxylation sites is 1. The third-order valence-electron chi connectivity index (χ3n) is 2.37. The van der Waals surface area contributed by atoms with E-state index in [1.54, 1.807) is 24.4 Å². The molecule has 0 saturated carbocycles. The first-order chi connectivity index (χ1) is 8.08. The molecule has 88 valence electrons. The summed E-state index contributed by atoms with van der Waals surface area (Å²) in [5.74, 6) is 0.221. The van der Waals surface area contributed by atoms with Crippen LogP contribution in [0.25, 0.3) is 0 Å². The van der Waals surface area contributed by atoms with Gasteiger partial charge < -0.3 is 11.1 Å². The van der Waals surface area contributed by atoms with Crippen molar-refractivity contribution in [3.05, 3.63) is 46.3 Å². The van der Waals surface area contributed by atoms with Crippen molar-refractivity contribution in [3.8, 4) is 0 Å². The topological polar surface area (TPSA) is 50.9 Å². The van der Waals surface area contributed by atoms with Crippen molar-refractivity contribution >= 4 is 33.1 Å². The standard InChI is InChI=1S/C12H11BrFN3/c1-7-5-11(16-6-10(7)15)17-12-8(13)3-2-4-9(12)14/h2-6H,15H2,1H3,(H,16,17). The third-order valence-corrected chi connectivity index (χ3v) is 3.03. The van der Waals surface area contributed by atoms with Gasteiger partial charge in [0.15, 0.2) is 0 Å². The molecule has 1 aromatic heterocycles. The molecule has 1 aromatic carbocycles. The van der Waals surface area contributed by atoms with Crippen LogP contribution in [0.5, 0.6) is 0 Å². The molecule has 0 amide bonds. The average molecular weight is 296 g/mol. The van der Waals surface area contributed by atoms with Crippen LogP contribution >= 0.6 is 15.9 Å². The minimum atomic E-state index is -0.337. The van der Waals surface area contributed by atoms with Crippen molar-refractivity contribution < 1.29 is 4.39 Å². The summed E-state index contributed by atoms with van der Waals surface area (Å²) in [6.45, 7) is 1.87. The molecule has 0 bridgehead atoms. The molecular formula is C12H11BrFN3. The summed E-state index contributed by atoms with van der Waals surface area (Å²) in [5, 5.41) is 2.92. The number of aromatic nitrogens is 1. The quantitative estimate of drug-likeness (QED) is 0.890. The van der Waals surface area contributed by atoms with Crippen LogP contribution in [0, 0.1) is 12.7 Å². The van der Waals surface area contributed by atoms with E-state index in [4.69, 9.17) is 5.73 Å². The number of benzene rings is 1. The normalized spacial score (nSPS) is 10.3. The fourth-order valence-corrected chi connectivity index (χ4v) is 1.82. The predicted octanol–water partition coefficient (Wildman–Crippen LogP) is 3.62. The summed E-state index contributed by atoms with van der Waals surface area (Å²) < 4.78 is 14.2. The summed E-state index contributed by atoms with van der Waals surface area (Å²) in [6.07, 6.45) is 1.55. The average Bonchev–Trinajstić information content (AvgIpc) is 2.28. The predicted molar refractivity (Wildman–Crippen MR) is 70.8 cm³/mol. The Hall–Kier alpha value is -1.62. The number of hydrogen-bond acceptors (Lipinski definition) is 3. The first kappa shape index (κ1) is 11.9. The highest BCUT2D eigenvalue weighted by atomic mass is 79.9. The highest BCUT2D eigenvalue weighted by Crippen LogP contribution is 2.28. The van der Waals surface area contributed by atoms with Crippen molar-refractivity contribution in [1.29, 1.82) is 0 Å². The zero-order valence-electron chi connectivity index (χ0n) is 9.17. The number of nitrogen functional groups attached to an aromatic ring is 1. The summed E-state index contributed by atoms with van der Waals surface area (Å²) in [6, 6.07) is 6.55. The molecule has 17 heavy (non-hydrogen) atoms. The van der Waals surface area contributed by atoms with Crippen molar-refractivity contribution in [3.63, 3.8) is 0 Å². The van der Waals surface area contributed by atoms with Gasteiger partial charge in [0.25, 0.3) is 0 Å². The van der Waals surface area contributed by atoms with Gasteiger partial charge in [-0.1, -0.05) is 6.07 Å². The molecule has 0 atom stereocenters. The molecule has 5 heteroatoms. The fraction of sp³-hybridized carbons (Fsp3) is 0.0833. The lowest BCUT2D eigenvalue weighted by atomic mass is 10.2. The highest BCUT2D eigenvalue weighted by molar-refractivity contribution is 9.10. The van der Waals surface area contributed by atoms with Gasteiger partial charge in [-0.2, -0.15) is 0 Å². The second-order valence-corrected chi connectivity index (χ2v) is 4.50. The minimum absolute atomic E-state index is 0.337. The highest BCUT2D eigenvalue weighted by Gasteiger charge is 2.07. The molecule has 0 fully saturated rings. The maximum atomic E-state index is 13.6. The van der Waals surface area contributed by atoms with Crippen LogP contribution in [0.1, 0.15) is 5.56 Å². The molecule has 3 nitrogen and oxygen atoms in total. The number of rotatable bonds is 2. The number of hydrogen-bond donors (Lipinski definition) is 2. The van der Waals surface area contributed by atoms with Gasteiger partial charge in [0.2, 0.25) is 0 Å². The van der Waals surface area contributed by atoms with Crippen LogP contribution < -0.4 is 11.1 Å². The van der Waals surface area contributed by atoms with Gasteiger partial charge in [0.1, 0.15) is 11.6 Å². The molecule has 0 radical (unpaired) electrons. The maximum Gasteiger partial charge on any atom is 0.147 e. The van der Waals surface area contributed by atoms with Crippen molar-refractivity contribution in [2.24, 2.45) is 0 Å². The van der Waals surface area contributed by atoms with Gasteiger partial charge in [-0.3, -0.25) is 0 Å². The van der Waals surface area contributed by atoms with Gasteiger partial charge in [-0.05, 0) is 46.6 Å². The molecule has 0 unspecified atom stereocenters. The van der Waals surface area contributed by atoms with Crippen molar-refractivity contribution in [1.82, 2.24) is 4.98 Å². The third kappa shape index (κ3) is 2.55. The zero-order valence-corrected chi connectivity index (χ0v) is 10.8. The molecule has 2 aromatic rings. The zero-order chi connectivity index (χ0) is 12.4. The second kappa shape index (κ2) is 4.71. The van der Waals surface area contributed by atoms with Crippen LogP contribution in [0.4, 0.5) is 21.6 Å². The van der Waals surface area contributed by atoms with E-state index in [0.717, 1.165) is 5.56 Å². The lowest BCUT2D eigenvalue weighted by Crippen LogP contribution is -1.99. The second-order valence-electron chi connectivity index (χ2n) is 3.65. The van der Waals surface area contributed by atoms with Crippen LogP contribution in [0.15, 0.2) is 34.9 Å². The van der Waals surface area contributed by atoms with E-state index in [2.05, 4.69) is 26.2 Å². The Morgan fingerprint density at radius 3 is 2.82 bits per heavy atom. The molecule has 0 aliphatic carbocycles. The Balaban J connectivity index is 2.35. The minimum Gasteiger partial charge on any atom is -0.397 e. The lowest BCUT2D eigenvalue weighted by Gasteiger charge is -2.10. The Morgan fingerprint density at radius 1 is 1.41 bits per heavy atom. The van der Waals surface area contributed by atoms with Crippen LogP contribution in [-0.4, -0.2) is 4.98 Å². The molecule has 1 heterocycles. The number of anilines is 3. The smallest absolute Gasteiger partial charge is 0.147 e. The van der Waals surface area contributed by atoms with Gasteiger partial charge in [-0.15, -0.1) is 0 Å². The number of nitrogens with two attached hydrogens (primary N) is 1. The van der Waals surface area contributed by atoms with E-state index in [1.807, 2.05) is 6.92 Å². The van der Waals surface area contributed by atoms with Gasteiger partial charge in [-0.25, -0.2) is 9.37 Å². The van der Waals surface area contributed by atoms with E-state index in [1.165, 1.54) is 6.07 Å². The van der Waals surface area contributed by atoms with Gasteiger partial charge in [0, 0.05) is 4.47 Å². The Morgan fingerprint density at radius 2 is 2.18 bits per heavy atom. The maximum absolute atomic E-state index is 13.6. The van der Waals surface area contributed by atoms with Crippen LogP contribution in [-0.2, 0) is 0 Å². The number of pyridine rings is 1. The first-order valence-electron chi connectivity index (χ1n) is 5.01.